The summed E-state index contributed by atoms with van der Waals surface area (Å²) in [5, 5.41) is 2.07. The maximum absolute atomic E-state index is 6.27. The zero-order valence-corrected chi connectivity index (χ0v) is 15.1. The van der Waals surface area contributed by atoms with Crippen LogP contribution >= 0.6 is 27.3 Å². The fourth-order valence-corrected chi connectivity index (χ4v) is 3.69. The highest BCUT2D eigenvalue weighted by molar-refractivity contribution is 9.10. The summed E-state index contributed by atoms with van der Waals surface area (Å²) in [6.07, 6.45) is 0.776. The summed E-state index contributed by atoms with van der Waals surface area (Å²) in [5.41, 5.74) is 7.55. The molecule has 1 aromatic heterocycles. The second kappa shape index (κ2) is 7.43. The molecule has 2 N–H and O–H groups in total. The van der Waals surface area contributed by atoms with Crippen molar-refractivity contribution < 1.29 is 4.74 Å². The Labute approximate surface area is 139 Å². The lowest BCUT2D eigenvalue weighted by molar-refractivity contribution is 0.174. The minimum Gasteiger partial charge on any atom is -0.483 e. The quantitative estimate of drug-likeness (QED) is 0.732. The molecule has 2 unspecified atom stereocenters. The Balaban J connectivity index is 2.25. The fourth-order valence-electron chi connectivity index (χ4n) is 2.14. The van der Waals surface area contributed by atoms with Crippen LogP contribution in [0.1, 0.15) is 49.7 Å². The topological polar surface area (TPSA) is 35.2 Å². The van der Waals surface area contributed by atoms with E-state index in [0.717, 1.165) is 21.5 Å². The molecule has 0 radical (unpaired) electrons. The van der Waals surface area contributed by atoms with Crippen molar-refractivity contribution in [2.75, 3.05) is 0 Å². The maximum Gasteiger partial charge on any atom is 0.148 e. The SMILES string of the molecule is CCC(N)C(Oc1cccc(C(C)C)c1)c1cc(Br)cs1. The molecule has 0 fully saturated rings. The molecule has 114 valence electrons. The van der Waals surface area contributed by atoms with E-state index in [1.165, 1.54) is 5.56 Å². The molecule has 2 aromatic rings. The van der Waals surface area contributed by atoms with Crippen molar-refractivity contribution in [2.45, 2.75) is 45.3 Å². The fraction of sp³-hybridized carbons (Fsp3) is 0.412. The van der Waals surface area contributed by atoms with Crippen molar-refractivity contribution in [2.24, 2.45) is 5.73 Å². The zero-order chi connectivity index (χ0) is 15.4. The molecule has 21 heavy (non-hydrogen) atoms. The van der Waals surface area contributed by atoms with Gasteiger partial charge in [-0.05, 0) is 52.0 Å². The Bertz CT molecular complexity index is 582. The monoisotopic (exact) mass is 367 g/mol. The van der Waals surface area contributed by atoms with Gasteiger partial charge in [-0.25, -0.2) is 0 Å². The van der Waals surface area contributed by atoms with Crippen LogP contribution in [0.2, 0.25) is 0 Å². The average molecular weight is 368 g/mol. The third kappa shape index (κ3) is 4.31. The van der Waals surface area contributed by atoms with E-state index >= 15 is 0 Å². The van der Waals surface area contributed by atoms with Crippen LogP contribution in [0, 0.1) is 0 Å². The van der Waals surface area contributed by atoms with Gasteiger partial charge in [0, 0.05) is 20.8 Å². The number of halogens is 1. The van der Waals surface area contributed by atoms with E-state index in [-0.39, 0.29) is 12.1 Å². The molecule has 0 amide bonds. The van der Waals surface area contributed by atoms with Crippen LogP contribution < -0.4 is 10.5 Å². The minimum atomic E-state index is -0.103. The average Bonchev–Trinajstić information content (AvgIpc) is 2.90. The molecule has 0 aliphatic heterocycles. The third-order valence-corrected chi connectivity index (χ3v) is 5.27. The maximum atomic E-state index is 6.27. The van der Waals surface area contributed by atoms with E-state index in [9.17, 15) is 0 Å². The Hall–Kier alpha value is -0.840. The van der Waals surface area contributed by atoms with Crippen molar-refractivity contribution in [1.29, 1.82) is 0 Å². The lowest BCUT2D eigenvalue weighted by Gasteiger charge is -2.24. The summed E-state index contributed by atoms with van der Waals surface area (Å²) in [5.74, 6) is 1.38. The van der Waals surface area contributed by atoms with Crippen LogP contribution in [0.25, 0.3) is 0 Å². The summed E-state index contributed by atoms with van der Waals surface area (Å²) in [4.78, 5) is 1.16. The summed E-state index contributed by atoms with van der Waals surface area (Å²) in [6.45, 7) is 6.46. The molecule has 0 aliphatic carbocycles. The minimum absolute atomic E-state index is 0.0155. The highest BCUT2D eigenvalue weighted by Crippen LogP contribution is 2.32. The van der Waals surface area contributed by atoms with Crippen molar-refractivity contribution in [1.82, 2.24) is 0 Å². The van der Waals surface area contributed by atoms with Crippen LogP contribution in [0.15, 0.2) is 40.2 Å². The molecule has 4 heteroatoms. The van der Waals surface area contributed by atoms with Gasteiger partial charge in [0.05, 0.1) is 0 Å². The predicted molar refractivity (Wildman–Crippen MR) is 94.2 cm³/mol. The largest absolute Gasteiger partial charge is 0.483 e. The summed E-state index contributed by atoms with van der Waals surface area (Å²) >= 11 is 5.18. The number of benzene rings is 1. The first-order valence-electron chi connectivity index (χ1n) is 7.27. The Kier molecular flexibility index (Phi) is 5.85. The molecule has 0 aliphatic rings. The van der Waals surface area contributed by atoms with Gasteiger partial charge in [-0.2, -0.15) is 0 Å². The lowest BCUT2D eigenvalue weighted by atomic mass is 10.0. The van der Waals surface area contributed by atoms with Crippen molar-refractivity contribution in [3.8, 4) is 5.75 Å². The molecule has 0 spiro atoms. The summed E-state index contributed by atoms with van der Waals surface area (Å²) in [7, 11) is 0. The van der Waals surface area contributed by atoms with E-state index < -0.39 is 0 Å². The van der Waals surface area contributed by atoms with E-state index in [1.807, 2.05) is 12.1 Å². The molecule has 2 nitrogen and oxygen atoms in total. The first-order chi connectivity index (χ1) is 10.0. The van der Waals surface area contributed by atoms with Crippen LogP contribution in [0.4, 0.5) is 0 Å². The van der Waals surface area contributed by atoms with Crippen molar-refractivity contribution in [3.63, 3.8) is 0 Å². The first kappa shape index (κ1) is 16.5. The second-order valence-electron chi connectivity index (χ2n) is 5.51. The normalized spacial score (nSPS) is 14.2. The lowest BCUT2D eigenvalue weighted by Crippen LogP contribution is -2.30. The Morgan fingerprint density at radius 2 is 2.05 bits per heavy atom. The number of thiophene rings is 1. The number of hydrogen-bond acceptors (Lipinski definition) is 3. The molecule has 0 saturated heterocycles. The van der Waals surface area contributed by atoms with Gasteiger partial charge in [0.25, 0.3) is 0 Å². The molecule has 1 aromatic carbocycles. The van der Waals surface area contributed by atoms with E-state index in [2.05, 4.69) is 60.3 Å². The van der Waals surface area contributed by atoms with Gasteiger partial charge in [0.1, 0.15) is 11.9 Å². The van der Waals surface area contributed by atoms with Crippen LogP contribution in [-0.2, 0) is 0 Å². The molecular weight excluding hydrogens is 346 g/mol. The van der Waals surface area contributed by atoms with Crippen LogP contribution in [0.5, 0.6) is 5.75 Å². The van der Waals surface area contributed by atoms with Gasteiger partial charge in [-0.15, -0.1) is 11.3 Å². The van der Waals surface area contributed by atoms with E-state index in [0.29, 0.717) is 5.92 Å². The highest BCUT2D eigenvalue weighted by Gasteiger charge is 2.22. The molecule has 2 atom stereocenters. The number of nitrogens with two attached hydrogens (primary N) is 1. The second-order valence-corrected chi connectivity index (χ2v) is 7.36. The number of rotatable bonds is 6. The van der Waals surface area contributed by atoms with Crippen LogP contribution in [0.3, 0.4) is 0 Å². The van der Waals surface area contributed by atoms with Crippen molar-refractivity contribution in [3.05, 3.63) is 50.6 Å². The third-order valence-electron chi connectivity index (χ3n) is 3.52. The van der Waals surface area contributed by atoms with Gasteiger partial charge in [0.2, 0.25) is 0 Å². The van der Waals surface area contributed by atoms with Gasteiger partial charge in [-0.3, -0.25) is 0 Å². The highest BCUT2D eigenvalue weighted by atomic mass is 79.9. The Morgan fingerprint density at radius 3 is 2.62 bits per heavy atom. The van der Waals surface area contributed by atoms with Crippen molar-refractivity contribution >= 4 is 27.3 Å². The number of hydrogen-bond donors (Lipinski definition) is 1. The molecule has 1 heterocycles. The van der Waals surface area contributed by atoms with E-state index in [1.54, 1.807) is 11.3 Å². The van der Waals surface area contributed by atoms with Gasteiger partial charge in [0.15, 0.2) is 0 Å². The van der Waals surface area contributed by atoms with Gasteiger partial charge >= 0.3 is 0 Å². The predicted octanol–water partition coefficient (Wildman–Crippen LogP) is 5.49. The summed E-state index contributed by atoms with van der Waals surface area (Å²) < 4.78 is 7.30. The van der Waals surface area contributed by atoms with Crippen LogP contribution in [-0.4, -0.2) is 6.04 Å². The number of ether oxygens (including phenoxy) is 1. The smallest absolute Gasteiger partial charge is 0.148 e. The van der Waals surface area contributed by atoms with E-state index in [4.69, 9.17) is 10.5 Å². The zero-order valence-electron chi connectivity index (χ0n) is 12.7. The standard InChI is InChI=1S/C17H22BrNOS/c1-4-15(19)17(16-9-13(18)10-21-16)20-14-7-5-6-12(8-14)11(2)3/h5-11,15,17H,4,19H2,1-3H3. The molecule has 2 rings (SSSR count). The Morgan fingerprint density at radius 1 is 1.29 bits per heavy atom. The molecule has 0 saturated carbocycles. The summed E-state index contributed by atoms with van der Waals surface area (Å²) in [6, 6.07) is 10.4. The first-order valence-corrected chi connectivity index (χ1v) is 8.94. The van der Waals surface area contributed by atoms with Gasteiger partial charge < -0.3 is 10.5 Å². The van der Waals surface area contributed by atoms with Gasteiger partial charge in [-0.1, -0.05) is 32.9 Å². The molecular formula is C17H22BrNOS. The molecule has 0 bridgehead atoms.